The van der Waals surface area contributed by atoms with Crippen LogP contribution < -0.4 is 24.8 Å². The van der Waals surface area contributed by atoms with Crippen molar-refractivity contribution in [3.05, 3.63) is 53.6 Å². The van der Waals surface area contributed by atoms with Crippen LogP contribution >= 0.6 is 0 Å². The number of carbonyl (C=O) groups is 2. The van der Waals surface area contributed by atoms with E-state index in [4.69, 9.17) is 14.2 Å². The molecule has 1 aliphatic heterocycles. The van der Waals surface area contributed by atoms with Crippen LogP contribution in [0.15, 0.2) is 42.5 Å². The van der Waals surface area contributed by atoms with Gasteiger partial charge in [0.25, 0.3) is 5.91 Å². The van der Waals surface area contributed by atoms with E-state index >= 15 is 0 Å². The Hall–Kier alpha value is -3.22. The molecule has 3 rings (SSSR count). The topological polar surface area (TPSA) is 85.9 Å². The quantitative estimate of drug-likeness (QED) is 0.766. The number of benzene rings is 2. The second-order valence-corrected chi connectivity index (χ2v) is 6.83. The number of carbonyl (C=O) groups excluding carboxylic acids is 2. The van der Waals surface area contributed by atoms with E-state index in [9.17, 15) is 9.59 Å². The third-order valence-corrected chi connectivity index (χ3v) is 4.47. The second kappa shape index (κ2) is 8.65. The molecule has 1 heterocycles. The third-order valence-electron chi connectivity index (χ3n) is 4.47. The van der Waals surface area contributed by atoms with Crippen molar-refractivity contribution in [3.63, 3.8) is 0 Å². The van der Waals surface area contributed by atoms with Crippen molar-refractivity contribution < 1.29 is 23.8 Å². The fourth-order valence-corrected chi connectivity index (χ4v) is 2.87. The summed E-state index contributed by atoms with van der Waals surface area (Å²) in [5.41, 5.74) is 1.33. The number of amides is 2. The van der Waals surface area contributed by atoms with E-state index in [0.717, 1.165) is 5.56 Å². The molecule has 0 saturated heterocycles. The monoisotopic (exact) mass is 384 g/mol. The average molecular weight is 384 g/mol. The fraction of sp³-hybridized carbons (Fsp3) is 0.333. The molecule has 0 unspecified atom stereocenters. The molecule has 28 heavy (non-hydrogen) atoms. The van der Waals surface area contributed by atoms with Crippen molar-refractivity contribution in [3.8, 4) is 17.2 Å². The van der Waals surface area contributed by atoms with E-state index in [1.165, 1.54) is 7.11 Å². The lowest BCUT2D eigenvalue weighted by Crippen LogP contribution is -2.49. The Labute approximate surface area is 164 Å². The van der Waals surface area contributed by atoms with Crippen molar-refractivity contribution in [1.29, 1.82) is 0 Å². The summed E-state index contributed by atoms with van der Waals surface area (Å²) in [5, 5.41) is 5.69. The molecule has 7 nitrogen and oxygen atoms in total. The van der Waals surface area contributed by atoms with Crippen molar-refractivity contribution in [2.45, 2.75) is 26.4 Å². The van der Waals surface area contributed by atoms with Crippen molar-refractivity contribution in [2.24, 2.45) is 5.92 Å². The van der Waals surface area contributed by atoms with Gasteiger partial charge in [0.05, 0.1) is 7.11 Å². The highest BCUT2D eigenvalue weighted by Gasteiger charge is 2.25. The highest BCUT2D eigenvalue weighted by Crippen LogP contribution is 2.32. The van der Waals surface area contributed by atoms with Gasteiger partial charge in [-0.3, -0.25) is 9.59 Å². The lowest BCUT2D eigenvalue weighted by Gasteiger charge is -2.22. The van der Waals surface area contributed by atoms with Crippen LogP contribution in [-0.2, 0) is 11.3 Å². The van der Waals surface area contributed by atoms with Crippen LogP contribution in [-0.4, -0.2) is 31.8 Å². The van der Waals surface area contributed by atoms with Gasteiger partial charge < -0.3 is 24.8 Å². The standard InChI is InChI=1S/C21H24N2O5/c1-13(2)19(23-20(24)15-5-4-6-16(10-15)26-3)21(25)22-11-14-7-8-17-18(9-14)28-12-27-17/h4-10,13,19H,11-12H2,1-3H3,(H,22,25)(H,23,24)/t19-/m1/s1. The Balaban J connectivity index is 1.62. The molecule has 1 atom stereocenters. The zero-order valence-corrected chi connectivity index (χ0v) is 16.2. The van der Waals surface area contributed by atoms with Crippen LogP contribution in [0.1, 0.15) is 29.8 Å². The molecule has 2 N–H and O–H groups in total. The Morgan fingerprint density at radius 2 is 1.89 bits per heavy atom. The lowest BCUT2D eigenvalue weighted by atomic mass is 10.0. The summed E-state index contributed by atoms with van der Waals surface area (Å²) < 4.78 is 15.8. The predicted octanol–water partition coefficient (Wildman–Crippen LogP) is 2.49. The first-order valence-corrected chi connectivity index (χ1v) is 9.09. The number of fused-ring (bicyclic) bond motifs is 1. The Morgan fingerprint density at radius 3 is 2.64 bits per heavy atom. The Morgan fingerprint density at radius 1 is 1.11 bits per heavy atom. The van der Waals surface area contributed by atoms with Gasteiger partial charge in [-0.05, 0) is 41.8 Å². The van der Waals surface area contributed by atoms with Gasteiger partial charge in [0.15, 0.2) is 11.5 Å². The summed E-state index contributed by atoms with van der Waals surface area (Å²) in [7, 11) is 1.54. The number of hydrogen-bond donors (Lipinski definition) is 2. The minimum absolute atomic E-state index is 0.0775. The molecule has 2 aromatic rings. The molecule has 0 aliphatic carbocycles. The summed E-state index contributed by atoms with van der Waals surface area (Å²) in [6.45, 7) is 4.30. The van der Waals surface area contributed by atoms with E-state index in [-0.39, 0.29) is 24.5 Å². The number of rotatable bonds is 7. The van der Waals surface area contributed by atoms with Crippen molar-refractivity contribution in [1.82, 2.24) is 10.6 Å². The molecule has 0 bridgehead atoms. The molecule has 7 heteroatoms. The molecule has 2 aromatic carbocycles. The maximum absolute atomic E-state index is 12.7. The minimum atomic E-state index is -0.660. The average Bonchev–Trinajstić information content (AvgIpc) is 3.17. The molecule has 1 aliphatic rings. The molecule has 2 amide bonds. The van der Waals surface area contributed by atoms with Gasteiger partial charge in [0, 0.05) is 12.1 Å². The summed E-state index contributed by atoms with van der Waals surface area (Å²) in [4.78, 5) is 25.2. The SMILES string of the molecule is COc1cccc(C(=O)N[C@@H](C(=O)NCc2ccc3c(c2)OCO3)C(C)C)c1. The first-order valence-electron chi connectivity index (χ1n) is 9.09. The van der Waals surface area contributed by atoms with Gasteiger partial charge in [0.2, 0.25) is 12.7 Å². The largest absolute Gasteiger partial charge is 0.497 e. The van der Waals surface area contributed by atoms with Crippen LogP contribution in [0.2, 0.25) is 0 Å². The van der Waals surface area contributed by atoms with Gasteiger partial charge in [-0.1, -0.05) is 26.0 Å². The van der Waals surface area contributed by atoms with Gasteiger partial charge in [-0.15, -0.1) is 0 Å². The number of methoxy groups -OCH3 is 1. The summed E-state index contributed by atoms with van der Waals surface area (Å²) in [6, 6.07) is 11.7. The molecular weight excluding hydrogens is 360 g/mol. The Kier molecular flexibility index (Phi) is 6.03. The first-order chi connectivity index (χ1) is 13.5. The van der Waals surface area contributed by atoms with E-state index in [1.54, 1.807) is 24.3 Å². The molecule has 0 fully saturated rings. The van der Waals surface area contributed by atoms with Crippen LogP contribution in [0.5, 0.6) is 17.2 Å². The predicted molar refractivity (Wildman–Crippen MR) is 103 cm³/mol. The van der Waals surface area contributed by atoms with E-state index in [1.807, 2.05) is 32.0 Å². The first kappa shape index (κ1) is 19.5. The maximum Gasteiger partial charge on any atom is 0.252 e. The second-order valence-electron chi connectivity index (χ2n) is 6.83. The zero-order chi connectivity index (χ0) is 20.1. The minimum Gasteiger partial charge on any atom is -0.497 e. The molecule has 0 spiro atoms. The van der Waals surface area contributed by atoms with E-state index in [2.05, 4.69) is 10.6 Å². The van der Waals surface area contributed by atoms with Crippen molar-refractivity contribution >= 4 is 11.8 Å². The highest BCUT2D eigenvalue weighted by atomic mass is 16.7. The normalized spacial score (nSPS) is 13.1. The van der Waals surface area contributed by atoms with Gasteiger partial charge in [-0.25, -0.2) is 0 Å². The lowest BCUT2D eigenvalue weighted by molar-refractivity contribution is -0.124. The molecule has 148 valence electrons. The number of nitrogens with one attached hydrogen (secondary N) is 2. The fourth-order valence-electron chi connectivity index (χ4n) is 2.87. The van der Waals surface area contributed by atoms with Gasteiger partial charge in [-0.2, -0.15) is 0 Å². The van der Waals surface area contributed by atoms with Crippen molar-refractivity contribution in [2.75, 3.05) is 13.9 Å². The molecular formula is C21H24N2O5. The summed E-state index contributed by atoms with van der Waals surface area (Å²) in [6.07, 6.45) is 0. The van der Waals surface area contributed by atoms with Gasteiger partial charge in [0.1, 0.15) is 11.8 Å². The Bertz CT molecular complexity index is 866. The van der Waals surface area contributed by atoms with Crippen LogP contribution in [0.25, 0.3) is 0 Å². The summed E-state index contributed by atoms with van der Waals surface area (Å²) >= 11 is 0. The number of ether oxygens (including phenoxy) is 3. The van der Waals surface area contributed by atoms with E-state index < -0.39 is 6.04 Å². The maximum atomic E-state index is 12.7. The van der Waals surface area contributed by atoms with Crippen LogP contribution in [0.4, 0.5) is 0 Å². The van der Waals surface area contributed by atoms with Crippen LogP contribution in [0.3, 0.4) is 0 Å². The highest BCUT2D eigenvalue weighted by molar-refractivity contribution is 5.97. The smallest absolute Gasteiger partial charge is 0.252 e. The molecule has 0 aromatic heterocycles. The van der Waals surface area contributed by atoms with Gasteiger partial charge >= 0.3 is 0 Å². The van der Waals surface area contributed by atoms with Crippen LogP contribution in [0, 0.1) is 5.92 Å². The van der Waals surface area contributed by atoms with E-state index in [0.29, 0.717) is 29.4 Å². The zero-order valence-electron chi connectivity index (χ0n) is 16.2. The molecule has 0 radical (unpaired) electrons. The number of hydrogen-bond acceptors (Lipinski definition) is 5. The third kappa shape index (κ3) is 4.54. The summed E-state index contributed by atoms with van der Waals surface area (Å²) in [5.74, 6) is 1.30. The molecule has 0 saturated carbocycles.